The number of carbonyl (C=O) groups excluding carboxylic acids is 1. The van der Waals surface area contributed by atoms with Gasteiger partial charge in [-0.15, -0.1) is 10.2 Å². The zero-order valence-corrected chi connectivity index (χ0v) is 18.4. The van der Waals surface area contributed by atoms with Crippen molar-refractivity contribution in [2.45, 2.75) is 19.4 Å². The van der Waals surface area contributed by atoms with Crippen LogP contribution >= 0.6 is 11.3 Å². The highest BCUT2D eigenvalue weighted by molar-refractivity contribution is 7.15. The lowest BCUT2D eigenvalue weighted by molar-refractivity contribution is 0.0970. The van der Waals surface area contributed by atoms with Crippen LogP contribution in [-0.4, -0.2) is 30.3 Å². The molecule has 4 aromatic rings. The molecule has 1 aliphatic rings. The van der Waals surface area contributed by atoms with Crippen molar-refractivity contribution in [2.75, 3.05) is 19.1 Å². The summed E-state index contributed by atoms with van der Waals surface area (Å²) in [7, 11) is 3.09. The molecule has 0 fully saturated rings. The van der Waals surface area contributed by atoms with Crippen LogP contribution in [0, 0.1) is 0 Å². The molecule has 1 amide bonds. The minimum absolute atomic E-state index is 0.00294. The highest BCUT2D eigenvalue weighted by Crippen LogP contribution is 2.42. The van der Waals surface area contributed by atoms with E-state index in [1.807, 2.05) is 19.1 Å². The van der Waals surface area contributed by atoms with Crippen LogP contribution in [0.15, 0.2) is 51.7 Å². The quantitative estimate of drug-likeness (QED) is 0.455. The Labute approximate surface area is 187 Å². The summed E-state index contributed by atoms with van der Waals surface area (Å²) in [5, 5.41) is 9.97. The predicted molar refractivity (Wildman–Crippen MR) is 120 cm³/mol. The van der Waals surface area contributed by atoms with Gasteiger partial charge in [0.2, 0.25) is 10.9 Å². The normalized spacial score (nSPS) is 15.3. The molecular formula is C23H19N3O5S. The van der Waals surface area contributed by atoms with E-state index in [9.17, 15) is 9.59 Å². The van der Waals surface area contributed by atoms with E-state index in [4.69, 9.17) is 13.9 Å². The van der Waals surface area contributed by atoms with Gasteiger partial charge in [-0.05, 0) is 36.2 Å². The maximum atomic E-state index is 13.6. The second-order valence-corrected chi connectivity index (χ2v) is 8.26. The first-order chi connectivity index (χ1) is 15.5. The predicted octanol–water partition coefficient (Wildman–Crippen LogP) is 3.97. The second kappa shape index (κ2) is 7.76. The van der Waals surface area contributed by atoms with Crippen LogP contribution in [0.4, 0.5) is 5.13 Å². The van der Waals surface area contributed by atoms with Gasteiger partial charge in [-0.2, -0.15) is 0 Å². The van der Waals surface area contributed by atoms with Gasteiger partial charge >= 0.3 is 0 Å². The molecule has 5 rings (SSSR count). The second-order valence-electron chi connectivity index (χ2n) is 7.22. The first-order valence-corrected chi connectivity index (χ1v) is 10.8. The number of fused-ring (bicyclic) bond motifs is 2. The minimum atomic E-state index is -0.715. The van der Waals surface area contributed by atoms with Gasteiger partial charge in [-0.1, -0.05) is 30.4 Å². The standard InChI is InChI=1S/C23H19N3O5S/c1-4-17-24-25-23(32-17)26-19(12-6-5-7-13(10-12)29-2)18-20(27)15-9-8-14(30-3)11-16(15)31-21(18)22(26)28/h5-11,19H,4H2,1-3H3. The Morgan fingerprint density at radius 3 is 2.56 bits per heavy atom. The van der Waals surface area contributed by atoms with Gasteiger partial charge in [-0.25, -0.2) is 0 Å². The summed E-state index contributed by atoms with van der Waals surface area (Å²) in [6, 6.07) is 11.5. The van der Waals surface area contributed by atoms with Crippen molar-refractivity contribution in [2.24, 2.45) is 0 Å². The molecule has 32 heavy (non-hydrogen) atoms. The molecule has 0 saturated carbocycles. The van der Waals surface area contributed by atoms with Gasteiger partial charge in [-0.3, -0.25) is 14.5 Å². The van der Waals surface area contributed by atoms with Crippen molar-refractivity contribution < 1.29 is 18.7 Å². The third kappa shape index (κ3) is 3.04. The van der Waals surface area contributed by atoms with Crippen LogP contribution < -0.4 is 19.8 Å². The first kappa shape index (κ1) is 20.2. The van der Waals surface area contributed by atoms with E-state index in [2.05, 4.69) is 10.2 Å². The molecule has 9 heteroatoms. The van der Waals surface area contributed by atoms with E-state index in [0.717, 1.165) is 5.01 Å². The Bertz CT molecular complexity index is 1410. The summed E-state index contributed by atoms with van der Waals surface area (Å²) in [6.45, 7) is 1.97. The monoisotopic (exact) mass is 449 g/mol. The Kier molecular flexibility index (Phi) is 4.90. The molecule has 2 aromatic heterocycles. The van der Waals surface area contributed by atoms with Crippen LogP contribution in [0.5, 0.6) is 11.5 Å². The summed E-state index contributed by atoms with van der Waals surface area (Å²) in [4.78, 5) is 28.6. The number of benzene rings is 2. The maximum absolute atomic E-state index is 13.6. The fourth-order valence-electron chi connectivity index (χ4n) is 3.89. The van der Waals surface area contributed by atoms with Crippen LogP contribution in [0.25, 0.3) is 11.0 Å². The molecular weight excluding hydrogens is 430 g/mol. The lowest BCUT2D eigenvalue weighted by atomic mass is 9.98. The lowest BCUT2D eigenvalue weighted by Gasteiger charge is -2.22. The number of rotatable bonds is 5. The highest BCUT2D eigenvalue weighted by Gasteiger charge is 2.45. The average Bonchev–Trinajstić information content (AvgIpc) is 3.41. The molecule has 0 bridgehead atoms. The fraction of sp³-hybridized carbons (Fsp3) is 0.217. The average molecular weight is 449 g/mol. The summed E-state index contributed by atoms with van der Waals surface area (Å²) < 4.78 is 16.6. The molecule has 2 aromatic carbocycles. The van der Waals surface area contributed by atoms with E-state index in [-0.39, 0.29) is 16.8 Å². The molecule has 0 radical (unpaired) electrons. The molecule has 8 nitrogen and oxygen atoms in total. The zero-order valence-electron chi connectivity index (χ0n) is 17.6. The lowest BCUT2D eigenvalue weighted by Crippen LogP contribution is -2.29. The van der Waals surface area contributed by atoms with Crippen molar-refractivity contribution in [1.82, 2.24) is 10.2 Å². The van der Waals surface area contributed by atoms with Gasteiger partial charge < -0.3 is 13.9 Å². The van der Waals surface area contributed by atoms with Gasteiger partial charge in [0.1, 0.15) is 22.1 Å². The molecule has 1 unspecified atom stereocenters. The summed E-state index contributed by atoms with van der Waals surface area (Å²) in [5.41, 5.74) is 1.01. The molecule has 162 valence electrons. The largest absolute Gasteiger partial charge is 0.497 e. The minimum Gasteiger partial charge on any atom is -0.497 e. The van der Waals surface area contributed by atoms with Crippen molar-refractivity contribution in [3.63, 3.8) is 0 Å². The molecule has 0 spiro atoms. The third-order valence-corrected chi connectivity index (χ3v) is 6.52. The smallest absolute Gasteiger partial charge is 0.297 e. The Balaban J connectivity index is 1.79. The fourth-order valence-corrected chi connectivity index (χ4v) is 4.69. The Morgan fingerprint density at radius 1 is 1.06 bits per heavy atom. The van der Waals surface area contributed by atoms with Gasteiger partial charge in [0.05, 0.1) is 31.2 Å². The van der Waals surface area contributed by atoms with Crippen LogP contribution in [0.1, 0.15) is 39.7 Å². The number of amides is 1. The van der Waals surface area contributed by atoms with Gasteiger partial charge in [0, 0.05) is 6.07 Å². The van der Waals surface area contributed by atoms with E-state index < -0.39 is 11.9 Å². The SMILES string of the molecule is CCc1nnc(N2C(=O)c3oc4cc(OC)ccc4c(=O)c3C2c2cccc(OC)c2)s1. The Morgan fingerprint density at radius 2 is 1.84 bits per heavy atom. The van der Waals surface area contributed by atoms with E-state index in [1.165, 1.54) is 23.3 Å². The number of carbonyl (C=O) groups is 1. The number of nitrogens with zero attached hydrogens (tertiary/aromatic N) is 3. The number of aryl methyl sites for hydroxylation is 1. The van der Waals surface area contributed by atoms with Gasteiger partial charge in [0.25, 0.3) is 5.91 Å². The summed E-state index contributed by atoms with van der Waals surface area (Å²) in [5.74, 6) is 0.707. The number of methoxy groups -OCH3 is 2. The van der Waals surface area contributed by atoms with Crippen LogP contribution in [-0.2, 0) is 6.42 Å². The van der Waals surface area contributed by atoms with Crippen molar-refractivity contribution in [1.29, 1.82) is 0 Å². The molecule has 0 aliphatic carbocycles. The maximum Gasteiger partial charge on any atom is 0.297 e. The number of hydrogen-bond acceptors (Lipinski definition) is 8. The highest BCUT2D eigenvalue weighted by atomic mass is 32.1. The summed E-state index contributed by atoms with van der Waals surface area (Å²) >= 11 is 1.32. The Hall–Kier alpha value is -3.72. The van der Waals surface area contributed by atoms with Crippen molar-refractivity contribution in [3.05, 3.63) is 74.6 Å². The van der Waals surface area contributed by atoms with Crippen LogP contribution in [0.2, 0.25) is 0 Å². The van der Waals surface area contributed by atoms with E-state index in [0.29, 0.717) is 39.6 Å². The molecule has 0 saturated heterocycles. The van der Waals surface area contributed by atoms with Gasteiger partial charge in [0.15, 0.2) is 5.43 Å². The van der Waals surface area contributed by atoms with E-state index >= 15 is 0 Å². The molecule has 1 atom stereocenters. The van der Waals surface area contributed by atoms with Crippen LogP contribution in [0.3, 0.4) is 0 Å². The number of anilines is 1. The number of aromatic nitrogens is 2. The topological polar surface area (TPSA) is 94.8 Å². The first-order valence-electron chi connectivity index (χ1n) is 10.00. The van der Waals surface area contributed by atoms with Crippen molar-refractivity contribution in [3.8, 4) is 11.5 Å². The zero-order chi connectivity index (χ0) is 22.4. The number of ether oxygens (including phenoxy) is 2. The van der Waals surface area contributed by atoms with E-state index in [1.54, 1.807) is 37.4 Å². The molecule has 1 aliphatic heterocycles. The number of hydrogen-bond donors (Lipinski definition) is 0. The summed E-state index contributed by atoms with van der Waals surface area (Å²) in [6.07, 6.45) is 0.692. The van der Waals surface area contributed by atoms with Crippen molar-refractivity contribution >= 4 is 33.3 Å². The third-order valence-electron chi connectivity index (χ3n) is 5.45. The molecule has 0 N–H and O–H groups in total. The molecule has 3 heterocycles.